The molecule has 10 rings (SSSR count). The Kier molecular flexibility index (Phi) is 11.4. The van der Waals surface area contributed by atoms with Crippen LogP contribution >= 0.6 is 0 Å². The topological polar surface area (TPSA) is 107 Å². The Morgan fingerprint density at radius 2 is 0.937 bits per heavy atom. The van der Waals surface area contributed by atoms with Gasteiger partial charge in [0, 0.05) is 5.92 Å². The molecule has 9 heteroatoms. The largest absolute Gasteiger partial charge is 2.00 e. The number of allylic oxidation sites excluding steroid dienone is 3. The Morgan fingerprint density at radius 1 is 0.524 bits per heavy atom. The Balaban J connectivity index is 0.00000504. The molecule has 0 fully saturated rings. The number of carbonyl (C=O) groups excluding carboxylic acids is 2. The molecular weight excluding hydrogens is 827 g/mol. The van der Waals surface area contributed by atoms with Crippen LogP contribution in [0.3, 0.4) is 0 Å². The number of nitrogens with zero attached hydrogens (tertiary/aromatic N) is 4. The SMILES string of the molecule is COC(=O)[C@@H]1[C@@H](C2=Cc3nc2c(-c2ccccc2)c2ccc([n-]2)c(-c2ccccc2)c2nc(c(-c4ccccc4)c4ccc([n-]4)c3-c3ccccc3)C=C2)C=CC[C@H]1C(=O)OC.[Ni+2]. The van der Waals surface area contributed by atoms with Crippen molar-refractivity contribution in [1.82, 2.24) is 19.9 Å². The van der Waals surface area contributed by atoms with E-state index >= 15 is 0 Å². The number of hydrogen-bond acceptors (Lipinski definition) is 6. The summed E-state index contributed by atoms with van der Waals surface area (Å²) in [7, 11) is 2.71. The molecule has 0 radical (unpaired) electrons. The van der Waals surface area contributed by atoms with Gasteiger partial charge >= 0.3 is 28.4 Å². The van der Waals surface area contributed by atoms with Gasteiger partial charge in [-0.05, 0) is 74.7 Å². The van der Waals surface area contributed by atoms with Crippen molar-refractivity contribution in [3.8, 4) is 44.5 Å². The average molecular weight is 868 g/mol. The van der Waals surface area contributed by atoms with E-state index in [0.29, 0.717) is 23.3 Å². The minimum atomic E-state index is -0.884. The van der Waals surface area contributed by atoms with Gasteiger partial charge in [0.1, 0.15) is 0 Å². The summed E-state index contributed by atoms with van der Waals surface area (Å²) in [4.78, 5) is 49.2. The maximum absolute atomic E-state index is 13.9. The molecule has 1 aliphatic carbocycles. The molecule has 3 aromatic heterocycles. The van der Waals surface area contributed by atoms with Crippen LogP contribution < -0.4 is 9.97 Å². The Hall–Kier alpha value is -7.35. The van der Waals surface area contributed by atoms with Crippen LogP contribution in [0, 0.1) is 17.8 Å². The Bertz CT molecular complexity index is 3120. The second-order valence-electron chi connectivity index (χ2n) is 15.4. The van der Waals surface area contributed by atoms with Crippen LogP contribution in [-0.2, 0) is 35.6 Å². The fourth-order valence-corrected chi connectivity index (χ4v) is 9.07. The zero-order valence-electron chi connectivity index (χ0n) is 34.4. The molecule has 3 aliphatic rings. The van der Waals surface area contributed by atoms with Crippen molar-refractivity contribution in [2.75, 3.05) is 14.2 Å². The number of hydrogen-bond donors (Lipinski definition) is 0. The van der Waals surface area contributed by atoms with Crippen molar-refractivity contribution in [1.29, 1.82) is 0 Å². The molecule has 8 nitrogen and oxygen atoms in total. The van der Waals surface area contributed by atoms with Crippen molar-refractivity contribution in [3.63, 3.8) is 0 Å². The number of carbonyl (C=O) groups is 2. The van der Waals surface area contributed by atoms with Crippen LogP contribution in [-0.4, -0.2) is 36.1 Å². The number of methoxy groups -OCH3 is 2. The zero-order chi connectivity index (χ0) is 42.2. The minimum Gasteiger partial charge on any atom is -0.657 e. The first-order valence-corrected chi connectivity index (χ1v) is 20.6. The van der Waals surface area contributed by atoms with Crippen molar-refractivity contribution in [3.05, 3.63) is 181 Å². The van der Waals surface area contributed by atoms with Crippen molar-refractivity contribution >= 4 is 57.8 Å². The van der Waals surface area contributed by atoms with Gasteiger partial charge in [-0.25, -0.2) is 9.97 Å². The fraction of sp³-hybridized carbons (Fsp3) is 0.111. The van der Waals surface area contributed by atoms with E-state index in [1.54, 1.807) is 0 Å². The molecule has 0 saturated heterocycles. The van der Waals surface area contributed by atoms with Crippen LogP contribution in [0.4, 0.5) is 0 Å². The molecule has 0 amide bonds. The first-order valence-electron chi connectivity index (χ1n) is 20.6. The van der Waals surface area contributed by atoms with Crippen LogP contribution in [0.25, 0.3) is 90.4 Å². The van der Waals surface area contributed by atoms with Crippen molar-refractivity contribution in [2.24, 2.45) is 17.8 Å². The van der Waals surface area contributed by atoms with Gasteiger partial charge in [-0.2, -0.15) is 0 Å². The van der Waals surface area contributed by atoms with E-state index in [2.05, 4.69) is 54.6 Å². The summed E-state index contributed by atoms with van der Waals surface area (Å²) < 4.78 is 10.7. The zero-order valence-corrected chi connectivity index (χ0v) is 35.4. The average Bonchev–Trinajstić information content (AvgIpc) is 4.17. The van der Waals surface area contributed by atoms with E-state index in [1.165, 1.54) is 14.2 Å². The third-order valence-electron chi connectivity index (χ3n) is 11.9. The van der Waals surface area contributed by atoms with Gasteiger partial charge in [0.2, 0.25) is 0 Å². The molecule has 8 bridgehead atoms. The predicted octanol–water partition coefficient (Wildman–Crippen LogP) is 11.1. The molecule has 0 N–H and O–H groups in total. The summed E-state index contributed by atoms with van der Waals surface area (Å²) in [6, 6.07) is 48.7. The van der Waals surface area contributed by atoms with E-state index in [9.17, 15) is 9.59 Å². The molecule has 5 heterocycles. The standard InChI is InChI=1S/C54H40N4O4.Ni/c1-61-53(59)38-25-15-24-37(51(38)54(60)62-2)39-32-46-49(35-20-11-5-12-21-35)44-29-28-42(56-44)47(33-16-7-3-8-17-33)40-26-27-41(55-40)48(34-18-9-4-10-19-34)43-30-31-45(57-43)50(52(39)58-46)36-22-13-6-14-23-36;/h3-24,26-32,37-38,51H,25H2,1-2H3;/q-2;+2/t37-,38-,51-;/m1./s1. The predicted molar refractivity (Wildman–Crippen MR) is 246 cm³/mol. The van der Waals surface area contributed by atoms with Gasteiger partial charge in [-0.15, -0.1) is 22.1 Å². The van der Waals surface area contributed by atoms with E-state index < -0.39 is 29.7 Å². The third kappa shape index (κ3) is 7.55. The number of ether oxygens (including phenoxy) is 2. The summed E-state index contributed by atoms with van der Waals surface area (Å²) >= 11 is 0. The fourth-order valence-electron chi connectivity index (χ4n) is 9.07. The van der Waals surface area contributed by atoms with Gasteiger partial charge < -0.3 is 19.4 Å². The molecule has 310 valence electrons. The maximum Gasteiger partial charge on any atom is 2.00 e. The summed E-state index contributed by atoms with van der Waals surface area (Å²) in [6.45, 7) is 0. The summed E-state index contributed by atoms with van der Waals surface area (Å²) in [5.41, 5.74) is 13.6. The van der Waals surface area contributed by atoms with Crippen LogP contribution in [0.15, 0.2) is 158 Å². The summed E-state index contributed by atoms with van der Waals surface area (Å²) in [5, 5.41) is 0. The quantitative estimate of drug-likeness (QED) is 0.0886. The molecule has 7 aromatic rings. The monoisotopic (exact) mass is 866 g/mol. The number of fused-ring (bicyclic) bond motifs is 8. The molecule has 0 saturated carbocycles. The van der Waals surface area contributed by atoms with Gasteiger partial charge in [-0.3, -0.25) is 9.59 Å². The molecule has 3 atom stereocenters. The summed E-state index contributed by atoms with van der Waals surface area (Å²) in [6.07, 6.45) is 10.5. The van der Waals surface area contributed by atoms with Crippen LogP contribution in [0.5, 0.6) is 0 Å². The van der Waals surface area contributed by atoms with Crippen LogP contribution in [0.2, 0.25) is 0 Å². The van der Waals surface area contributed by atoms with Crippen LogP contribution in [0.1, 0.15) is 29.2 Å². The maximum atomic E-state index is 13.9. The molecule has 0 unspecified atom stereocenters. The molecule has 4 aromatic carbocycles. The number of esters is 2. The normalized spacial score (nSPS) is 16.5. The Morgan fingerprint density at radius 3 is 1.38 bits per heavy atom. The van der Waals surface area contributed by atoms with Gasteiger partial charge in [-0.1, -0.05) is 158 Å². The molecule has 0 spiro atoms. The second kappa shape index (κ2) is 17.6. The number of aromatic nitrogens is 4. The van der Waals surface area contributed by atoms with E-state index in [1.807, 2.05) is 121 Å². The summed E-state index contributed by atoms with van der Waals surface area (Å²) in [5.74, 6) is -3.24. The molecule has 2 aliphatic heterocycles. The van der Waals surface area contributed by atoms with Gasteiger partial charge in [0.15, 0.2) is 0 Å². The van der Waals surface area contributed by atoms with Gasteiger partial charge in [0.05, 0.1) is 48.8 Å². The van der Waals surface area contributed by atoms with E-state index in [-0.39, 0.29) is 16.5 Å². The van der Waals surface area contributed by atoms with Crippen molar-refractivity contribution < 1.29 is 35.6 Å². The third-order valence-corrected chi connectivity index (χ3v) is 11.9. The Labute approximate surface area is 375 Å². The molecular formula is C54H40N4NiO4. The number of benzene rings is 4. The van der Waals surface area contributed by atoms with Crippen molar-refractivity contribution in [2.45, 2.75) is 6.42 Å². The van der Waals surface area contributed by atoms with E-state index in [0.717, 1.165) is 78.0 Å². The first-order chi connectivity index (χ1) is 30.5. The first kappa shape index (κ1) is 41.0. The number of rotatable bonds is 7. The second-order valence-corrected chi connectivity index (χ2v) is 15.4. The molecule has 63 heavy (non-hydrogen) atoms. The van der Waals surface area contributed by atoms with E-state index in [4.69, 9.17) is 29.4 Å². The smallest absolute Gasteiger partial charge is 0.657 e. The minimum absolute atomic E-state index is 0. The van der Waals surface area contributed by atoms with Gasteiger partial charge in [0.25, 0.3) is 0 Å².